The lowest BCUT2D eigenvalue weighted by molar-refractivity contribution is 0.561. The molecule has 0 fully saturated rings. The first-order chi connectivity index (χ1) is 7.11. The van der Waals surface area contributed by atoms with E-state index < -0.39 is 0 Å². The molecular weight excluding hydrogens is 212 g/mol. The van der Waals surface area contributed by atoms with Gasteiger partial charge in [0.05, 0.1) is 0 Å². The maximum atomic E-state index is 6.14. The number of benzene rings is 1. The highest BCUT2D eigenvalue weighted by Gasteiger charge is 2.12. The minimum absolute atomic E-state index is 0.235. The van der Waals surface area contributed by atoms with E-state index in [-0.39, 0.29) is 5.92 Å². The lowest BCUT2D eigenvalue weighted by atomic mass is 10.0. The highest BCUT2D eigenvalue weighted by Crippen LogP contribution is 2.29. The van der Waals surface area contributed by atoms with Gasteiger partial charge in [0.1, 0.15) is 5.52 Å². The fraction of sp³-hybridized carbons (Fsp3) is 0.364. The molecule has 0 aliphatic rings. The van der Waals surface area contributed by atoms with Crippen LogP contribution in [0.1, 0.15) is 24.3 Å². The van der Waals surface area contributed by atoms with Crippen LogP contribution in [0.2, 0.25) is 5.02 Å². The smallest absolute Gasteiger partial charge is 0.192 e. The van der Waals surface area contributed by atoms with Crippen molar-refractivity contribution in [3.05, 3.63) is 28.6 Å². The molecule has 0 amide bonds. The van der Waals surface area contributed by atoms with Gasteiger partial charge in [-0.2, -0.15) is 0 Å². The Hall–Kier alpha value is -1.06. The molecule has 0 saturated heterocycles. The number of oxazole rings is 1. The Balaban J connectivity index is 2.60. The predicted molar refractivity (Wildman–Crippen MR) is 61.2 cm³/mol. The van der Waals surface area contributed by atoms with Crippen molar-refractivity contribution in [2.45, 2.75) is 19.8 Å². The number of halogens is 1. The molecule has 2 rings (SSSR count). The fourth-order valence-corrected chi connectivity index (χ4v) is 1.92. The number of hydrogen-bond donors (Lipinski definition) is 1. The normalized spacial score (nSPS) is 13.3. The molecule has 0 spiro atoms. The van der Waals surface area contributed by atoms with Gasteiger partial charge < -0.3 is 10.2 Å². The molecule has 15 heavy (non-hydrogen) atoms. The van der Waals surface area contributed by atoms with Crippen molar-refractivity contribution in [1.29, 1.82) is 0 Å². The summed E-state index contributed by atoms with van der Waals surface area (Å²) in [5, 5.41) is 0.691. The Kier molecular flexibility index (Phi) is 2.67. The van der Waals surface area contributed by atoms with Gasteiger partial charge in [-0.05, 0) is 24.1 Å². The van der Waals surface area contributed by atoms with Crippen molar-refractivity contribution < 1.29 is 4.42 Å². The van der Waals surface area contributed by atoms with Gasteiger partial charge in [-0.3, -0.25) is 0 Å². The van der Waals surface area contributed by atoms with Crippen molar-refractivity contribution in [3.8, 4) is 0 Å². The SMILES string of the molecule is Cc1nc2cc(C(C)CN)c(Cl)cc2o1. The zero-order valence-corrected chi connectivity index (χ0v) is 9.51. The average molecular weight is 225 g/mol. The van der Waals surface area contributed by atoms with Crippen LogP contribution in [0.3, 0.4) is 0 Å². The van der Waals surface area contributed by atoms with Gasteiger partial charge in [0.2, 0.25) is 0 Å². The summed E-state index contributed by atoms with van der Waals surface area (Å²) in [6.07, 6.45) is 0. The van der Waals surface area contributed by atoms with Gasteiger partial charge >= 0.3 is 0 Å². The number of hydrogen-bond acceptors (Lipinski definition) is 3. The van der Waals surface area contributed by atoms with Crippen molar-refractivity contribution in [1.82, 2.24) is 4.98 Å². The van der Waals surface area contributed by atoms with E-state index >= 15 is 0 Å². The van der Waals surface area contributed by atoms with Crippen LogP contribution in [-0.4, -0.2) is 11.5 Å². The van der Waals surface area contributed by atoms with E-state index in [2.05, 4.69) is 4.98 Å². The molecule has 1 unspecified atom stereocenters. The molecule has 0 radical (unpaired) electrons. The van der Waals surface area contributed by atoms with Crippen LogP contribution in [0.4, 0.5) is 0 Å². The van der Waals surface area contributed by atoms with Crippen LogP contribution in [0.5, 0.6) is 0 Å². The molecule has 0 aliphatic carbocycles. The Morgan fingerprint density at radius 3 is 2.93 bits per heavy atom. The van der Waals surface area contributed by atoms with Crippen LogP contribution in [0, 0.1) is 6.92 Å². The molecule has 80 valence electrons. The number of nitrogens with two attached hydrogens (primary N) is 1. The van der Waals surface area contributed by atoms with E-state index in [1.807, 2.05) is 19.9 Å². The molecule has 2 N–H and O–H groups in total. The minimum atomic E-state index is 0.235. The molecule has 2 aromatic rings. The molecular formula is C11H13ClN2O. The number of fused-ring (bicyclic) bond motifs is 1. The third-order valence-electron chi connectivity index (χ3n) is 2.50. The third-order valence-corrected chi connectivity index (χ3v) is 2.83. The van der Waals surface area contributed by atoms with Crippen LogP contribution < -0.4 is 5.73 Å². The van der Waals surface area contributed by atoms with Crippen molar-refractivity contribution >= 4 is 22.7 Å². The number of aromatic nitrogens is 1. The zero-order chi connectivity index (χ0) is 11.0. The van der Waals surface area contributed by atoms with Gasteiger partial charge in [0.25, 0.3) is 0 Å². The molecule has 1 heterocycles. The van der Waals surface area contributed by atoms with E-state index in [0.29, 0.717) is 17.5 Å². The summed E-state index contributed by atoms with van der Waals surface area (Å²) in [6, 6.07) is 3.75. The van der Waals surface area contributed by atoms with Gasteiger partial charge in [-0.1, -0.05) is 18.5 Å². The fourth-order valence-electron chi connectivity index (χ4n) is 1.59. The van der Waals surface area contributed by atoms with Crippen molar-refractivity contribution in [2.75, 3.05) is 6.54 Å². The molecule has 1 aromatic heterocycles. The van der Waals surface area contributed by atoms with Crippen molar-refractivity contribution in [3.63, 3.8) is 0 Å². The molecule has 1 aromatic carbocycles. The first-order valence-electron chi connectivity index (χ1n) is 4.88. The second-order valence-electron chi connectivity index (χ2n) is 3.71. The molecule has 4 heteroatoms. The topological polar surface area (TPSA) is 52.0 Å². The largest absolute Gasteiger partial charge is 0.441 e. The number of rotatable bonds is 2. The van der Waals surface area contributed by atoms with Gasteiger partial charge in [-0.25, -0.2) is 4.98 Å². The van der Waals surface area contributed by atoms with Crippen LogP contribution in [0.15, 0.2) is 16.5 Å². The third kappa shape index (κ3) is 1.85. The molecule has 0 aliphatic heterocycles. The predicted octanol–water partition coefficient (Wildman–Crippen LogP) is 2.85. The summed E-state index contributed by atoms with van der Waals surface area (Å²) in [5.41, 5.74) is 8.21. The summed E-state index contributed by atoms with van der Waals surface area (Å²) >= 11 is 6.14. The van der Waals surface area contributed by atoms with E-state index in [1.54, 1.807) is 6.07 Å². The van der Waals surface area contributed by atoms with Crippen LogP contribution in [-0.2, 0) is 0 Å². The maximum absolute atomic E-state index is 6.14. The highest BCUT2D eigenvalue weighted by atomic mass is 35.5. The van der Waals surface area contributed by atoms with E-state index in [1.165, 1.54) is 0 Å². The van der Waals surface area contributed by atoms with E-state index in [4.69, 9.17) is 21.8 Å². The van der Waals surface area contributed by atoms with Crippen LogP contribution >= 0.6 is 11.6 Å². The Morgan fingerprint density at radius 1 is 1.53 bits per heavy atom. The number of nitrogens with zero attached hydrogens (tertiary/aromatic N) is 1. The summed E-state index contributed by atoms with van der Waals surface area (Å²) < 4.78 is 5.39. The van der Waals surface area contributed by atoms with E-state index in [9.17, 15) is 0 Å². The Morgan fingerprint density at radius 2 is 2.27 bits per heavy atom. The molecule has 0 bridgehead atoms. The second-order valence-corrected chi connectivity index (χ2v) is 4.12. The Bertz CT molecular complexity index is 493. The zero-order valence-electron chi connectivity index (χ0n) is 8.75. The number of aryl methyl sites for hydroxylation is 1. The van der Waals surface area contributed by atoms with Crippen LogP contribution in [0.25, 0.3) is 11.1 Å². The maximum Gasteiger partial charge on any atom is 0.192 e. The summed E-state index contributed by atoms with van der Waals surface area (Å²) in [4.78, 5) is 4.27. The summed E-state index contributed by atoms with van der Waals surface area (Å²) in [6.45, 7) is 4.43. The average Bonchev–Trinajstić information content (AvgIpc) is 2.55. The Labute approximate surface area is 93.2 Å². The first kappa shape index (κ1) is 10.5. The standard InChI is InChI=1S/C11H13ClN2O/c1-6(5-13)8-3-10-11(4-9(8)12)15-7(2)14-10/h3-4,6H,5,13H2,1-2H3. The molecule has 1 atom stereocenters. The lowest BCUT2D eigenvalue weighted by Crippen LogP contribution is -2.09. The highest BCUT2D eigenvalue weighted by molar-refractivity contribution is 6.32. The monoisotopic (exact) mass is 224 g/mol. The van der Waals surface area contributed by atoms with Crippen molar-refractivity contribution in [2.24, 2.45) is 5.73 Å². The van der Waals surface area contributed by atoms with E-state index in [0.717, 1.165) is 16.7 Å². The quantitative estimate of drug-likeness (QED) is 0.854. The first-order valence-corrected chi connectivity index (χ1v) is 5.26. The van der Waals surface area contributed by atoms with Gasteiger partial charge in [0, 0.05) is 18.0 Å². The second kappa shape index (κ2) is 3.83. The van der Waals surface area contributed by atoms with Gasteiger partial charge in [-0.15, -0.1) is 0 Å². The summed E-state index contributed by atoms with van der Waals surface area (Å²) in [7, 11) is 0. The minimum Gasteiger partial charge on any atom is -0.441 e. The van der Waals surface area contributed by atoms with Gasteiger partial charge in [0.15, 0.2) is 11.5 Å². The molecule has 3 nitrogen and oxygen atoms in total. The summed E-state index contributed by atoms with van der Waals surface area (Å²) in [5.74, 6) is 0.887. The molecule has 0 saturated carbocycles. The lowest BCUT2D eigenvalue weighted by Gasteiger charge is -2.10.